The minimum atomic E-state index is -0.789. The molecule has 0 saturated carbocycles. The Kier molecular flexibility index (Phi) is 12.8. The molecule has 0 spiro atoms. The second kappa shape index (κ2) is 18.4. The molecule has 5 heterocycles. The number of carbonyl (C=O) groups is 3. The molecule has 4 N–H and O–H groups in total. The van der Waals surface area contributed by atoms with Gasteiger partial charge in [0.2, 0.25) is 18.2 Å². The van der Waals surface area contributed by atoms with Gasteiger partial charge in [-0.1, -0.05) is 72.7 Å². The number of H-pyrrole nitrogens is 2. The van der Waals surface area contributed by atoms with E-state index in [1.54, 1.807) is 11.0 Å². The molecule has 4 unspecified atom stereocenters. The number of nitrogens with one attached hydrogen (secondary N) is 4. The van der Waals surface area contributed by atoms with Crippen LogP contribution in [0.15, 0.2) is 48.5 Å². The minimum Gasteiger partial charge on any atom is -0.453 e. The fourth-order valence-corrected chi connectivity index (χ4v) is 10.4. The van der Waals surface area contributed by atoms with Crippen LogP contribution in [0.5, 0.6) is 0 Å². The predicted octanol–water partition coefficient (Wildman–Crippen LogP) is 9.11. The zero-order valence-electron chi connectivity index (χ0n) is 39.6. The van der Waals surface area contributed by atoms with Crippen molar-refractivity contribution in [2.75, 3.05) is 27.0 Å². The monoisotopic (exact) mass is 920 g/mol. The molecule has 1 aliphatic carbocycles. The number of hydrogen-bond donors (Lipinski definition) is 4. The number of benzene rings is 3. The molecule has 67 heavy (non-hydrogen) atoms. The minimum absolute atomic E-state index is 0.0220. The second-order valence-electron chi connectivity index (χ2n) is 20.2. The van der Waals surface area contributed by atoms with Gasteiger partial charge < -0.3 is 39.3 Å². The number of amides is 3. The number of alkyl carbamates (subject to hydrolysis) is 1. The number of rotatable bonds is 12. The number of fused-ring (bicyclic) bond motifs is 2. The van der Waals surface area contributed by atoms with Crippen LogP contribution >= 0.6 is 0 Å². The van der Waals surface area contributed by atoms with Crippen LogP contribution in [-0.4, -0.2) is 93.1 Å². The van der Waals surface area contributed by atoms with Crippen molar-refractivity contribution in [3.05, 3.63) is 94.1 Å². The normalized spacial score (nSPS) is 21.3. The summed E-state index contributed by atoms with van der Waals surface area (Å²) in [5.41, 5.74) is 6.59. The highest BCUT2D eigenvalue weighted by molar-refractivity contribution is 5.98. The van der Waals surface area contributed by atoms with Crippen LogP contribution in [0.25, 0.3) is 33.2 Å². The first-order valence-electron chi connectivity index (χ1n) is 23.7. The molecule has 0 radical (unpaired) electrons. The number of nitrogens with zero attached hydrogens (tertiary/aromatic N) is 4. The summed E-state index contributed by atoms with van der Waals surface area (Å²) >= 11 is 0. The van der Waals surface area contributed by atoms with Crippen molar-refractivity contribution in [2.24, 2.45) is 11.8 Å². The van der Waals surface area contributed by atoms with Gasteiger partial charge in [0.05, 0.1) is 47.3 Å². The summed E-state index contributed by atoms with van der Waals surface area (Å²) in [6.45, 7) is 15.4. The van der Waals surface area contributed by atoms with Gasteiger partial charge >= 0.3 is 6.09 Å². The molecule has 9 rings (SSSR count). The van der Waals surface area contributed by atoms with Crippen LogP contribution in [0.4, 0.5) is 13.6 Å². The van der Waals surface area contributed by atoms with Gasteiger partial charge in [0.1, 0.15) is 29.3 Å². The largest absolute Gasteiger partial charge is 0.453 e. The van der Waals surface area contributed by atoms with Gasteiger partial charge in [-0.3, -0.25) is 14.9 Å². The first-order valence-corrected chi connectivity index (χ1v) is 23.7. The van der Waals surface area contributed by atoms with Gasteiger partial charge in [-0.15, -0.1) is 0 Å². The molecule has 2 aromatic heterocycles. The maximum Gasteiger partial charge on any atom is 0.407 e. The van der Waals surface area contributed by atoms with Gasteiger partial charge in [-0.2, -0.15) is 0 Å². The molecule has 3 fully saturated rings. The Bertz CT molecular complexity index is 2720. The lowest BCUT2D eigenvalue weighted by atomic mass is 9.83. The summed E-state index contributed by atoms with van der Waals surface area (Å²) in [4.78, 5) is 60.2. The van der Waals surface area contributed by atoms with Crippen molar-refractivity contribution in [1.29, 1.82) is 0 Å². The number of halogens is 2. The van der Waals surface area contributed by atoms with Gasteiger partial charge in [0, 0.05) is 36.7 Å². The Morgan fingerprint density at radius 3 is 1.93 bits per heavy atom. The first-order chi connectivity index (χ1) is 32.0. The highest BCUT2D eigenvalue weighted by Crippen LogP contribution is 2.51. The first kappa shape index (κ1) is 46.4. The molecule has 0 bridgehead atoms. The number of carbonyl (C=O) groups excluding carboxylic acids is 3. The summed E-state index contributed by atoms with van der Waals surface area (Å²) in [6, 6.07) is 12.8. The Morgan fingerprint density at radius 1 is 0.791 bits per heavy atom. The molecular weight excluding hydrogens is 859 g/mol. The van der Waals surface area contributed by atoms with Crippen LogP contribution in [0, 0.1) is 23.5 Å². The summed E-state index contributed by atoms with van der Waals surface area (Å²) in [5, 5.41) is 5.87. The number of allylic oxidation sites excluding steroid dienone is 2. The smallest absolute Gasteiger partial charge is 0.407 e. The molecule has 3 amide bonds. The van der Waals surface area contributed by atoms with Crippen molar-refractivity contribution in [1.82, 2.24) is 40.4 Å². The van der Waals surface area contributed by atoms with Crippen LogP contribution < -0.4 is 10.6 Å². The van der Waals surface area contributed by atoms with E-state index in [0.29, 0.717) is 83.6 Å². The highest BCUT2D eigenvalue weighted by atomic mass is 19.1. The molecule has 3 saturated heterocycles. The van der Waals surface area contributed by atoms with Gasteiger partial charge in [-0.25, -0.2) is 23.5 Å². The van der Waals surface area contributed by atoms with Gasteiger partial charge in [-0.05, 0) is 95.7 Å². The second-order valence-corrected chi connectivity index (χ2v) is 20.2. The number of aromatic amines is 2. The number of hydrogen-bond acceptors (Lipinski definition) is 9. The third-order valence-electron chi connectivity index (χ3n) is 14.1. The average molecular weight is 921 g/mol. The van der Waals surface area contributed by atoms with Crippen molar-refractivity contribution < 1.29 is 37.4 Å². The van der Waals surface area contributed by atoms with Crippen molar-refractivity contribution in [3.8, 4) is 0 Å². The average Bonchev–Trinajstić information content (AvgIpc) is 4.13. The standard InChI is InChI=1S/C51H62F2N8O6/c1-26(2)43(58-49(64)65-8)47(62)60-19-9-11-40(60)45-54-36-21-32(34(52)23-38(36)56-45)30-17-18-31(42(30)28-13-15-29(16-14-28)51(5,6)7)33-22-37-39(24-35(33)53)57-46(55-37)41-12-10-20-61(41)48(63)44(27(3)4)59-50-66-25-67-50/h13-16,21-24,26-27,31,40-41,43-44,50,59H,9-12,17-20,25H2,1-8H3,(H,54,56)(H,55,57)(H,58,64)/t31?,40?,41?,43-,44?/m0/s1. The van der Waals surface area contributed by atoms with E-state index in [1.165, 1.54) is 19.2 Å². The zero-order valence-corrected chi connectivity index (χ0v) is 39.6. The molecule has 14 nitrogen and oxygen atoms in total. The van der Waals surface area contributed by atoms with Gasteiger partial charge in [0.15, 0.2) is 6.79 Å². The van der Waals surface area contributed by atoms with E-state index in [1.807, 2.05) is 38.7 Å². The lowest BCUT2D eigenvalue weighted by molar-refractivity contribution is -0.335. The molecule has 5 atom stereocenters. The molecule has 4 aliphatic rings. The maximum atomic E-state index is 16.7. The number of aromatic nitrogens is 4. The van der Waals surface area contributed by atoms with Crippen LogP contribution in [-0.2, 0) is 29.2 Å². The highest BCUT2D eigenvalue weighted by Gasteiger charge is 2.41. The molecule has 5 aromatic rings. The Morgan fingerprint density at radius 2 is 1.37 bits per heavy atom. The number of imidazole rings is 2. The van der Waals surface area contributed by atoms with E-state index in [0.717, 1.165) is 35.1 Å². The Hall–Kier alpha value is -5.71. The van der Waals surface area contributed by atoms with E-state index in [2.05, 4.69) is 65.6 Å². The zero-order chi connectivity index (χ0) is 47.5. The molecule has 16 heteroatoms. The van der Waals surface area contributed by atoms with E-state index in [9.17, 15) is 14.4 Å². The van der Waals surface area contributed by atoms with Crippen LogP contribution in [0.3, 0.4) is 0 Å². The third kappa shape index (κ3) is 8.95. The summed E-state index contributed by atoms with van der Waals surface area (Å²) in [7, 11) is 1.26. The van der Waals surface area contributed by atoms with Crippen molar-refractivity contribution >= 4 is 51.1 Å². The lowest BCUT2D eigenvalue weighted by Gasteiger charge is -2.35. The summed E-state index contributed by atoms with van der Waals surface area (Å²) in [5.74, 6) is -0.616. The molecule has 3 aromatic carbocycles. The van der Waals surface area contributed by atoms with E-state index in [-0.39, 0.29) is 41.9 Å². The number of likely N-dealkylation sites (tertiary alicyclic amines) is 2. The molecule has 356 valence electrons. The van der Waals surface area contributed by atoms with Crippen LogP contribution in [0.1, 0.15) is 139 Å². The number of ether oxygens (including phenoxy) is 3. The van der Waals surface area contributed by atoms with E-state index >= 15 is 8.78 Å². The Balaban J connectivity index is 1.06. The van der Waals surface area contributed by atoms with E-state index in [4.69, 9.17) is 24.2 Å². The predicted molar refractivity (Wildman–Crippen MR) is 250 cm³/mol. The van der Waals surface area contributed by atoms with Crippen LogP contribution in [0.2, 0.25) is 0 Å². The SMILES string of the molecule is COC(=O)N[C@H](C(=O)N1CCCC1c1nc2cc(C3=C(c4ccc(C(C)(C)C)cc4)C(c4cc5[nH]c(C6CCCN6C(=O)C(NC6OCO6)C(C)C)nc5cc4F)CC3)c(F)cc2[nH]1)C(C)C. The van der Waals surface area contributed by atoms with Gasteiger partial charge in [0.25, 0.3) is 0 Å². The van der Waals surface area contributed by atoms with Crippen molar-refractivity contribution in [2.45, 2.75) is 129 Å². The summed E-state index contributed by atoms with van der Waals surface area (Å²) < 4.78 is 49.1. The maximum absolute atomic E-state index is 16.7. The fourth-order valence-electron chi connectivity index (χ4n) is 10.4. The van der Waals surface area contributed by atoms with Crippen molar-refractivity contribution in [3.63, 3.8) is 0 Å². The quantitative estimate of drug-likeness (QED) is 0.0955. The third-order valence-corrected chi connectivity index (χ3v) is 14.1. The van der Waals surface area contributed by atoms with E-state index < -0.39 is 48.2 Å². The number of methoxy groups -OCH3 is 1. The Labute approximate surface area is 389 Å². The fraction of sp³-hybridized carbons (Fsp3) is 0.510. The lowest BCUT2D eigenvalue weighted by Crippen LogP contribution is -2.56. The molecule has 3 aliphatic heterocycles. The molecular formula is C51H62F2N8O6. The topological polar surface area (TPSA) is 167 Å². The summed E-state index contributed by atoms with van der Waals surface area (Å²) in [6.07, 6.45) is 2.63.